The van der Waals surface area contributed by atoms with Crippen molar-refractivity contribution in [2.45, 2.75) is 54.0 Å². The molecule has 0 bridgehead atoms. The van der Waals surface area contributed by atoms with Gasteiger partial charge < -0.3 is 9.30 Å². The van der Waals surface area contributed by atoms with Crippen LogP contribution in [0.3, 0.4) is 0 Å². The second-order valence-electron chi connectivity index (χ2n) is 8.95. The normalized spacial score (nSPS) is 11.8. The number of fused-ring (bicyclic) bond motifs is 1. The zero-order valence-electron chi connectivity index (χ0n) is 21.0. The van der Waals surface area contributed by atoms with Crippen LogP contribution in [0.1, 0.15) is 54.8 Å². The highest BCUT2D eigenvalue weighted by Gasteiger charge is 2.18. The fourth-order valence-electron chi connectivity index (χ4n) is 4.54. The SMILES string of the molecule is CCn1c(C)cc(C=Nn2c(-c3cc(C(C)C)c(OC)cc3C)nc3ccccc3c2=O)c1C. The van der Waals surface area contributed by atoms with Crippen LogP contribution >= 0.6 is 0 Å². The molecule has 0 aliphatic heterocycles. The maximum Gasteiger partial charge on any atom is 0.282 e. The molecule has 6 nitrogen and oxygen atoms in total. The molecule has 2 aromatic heterocycles. The predicted octanol–water partition coefficient (Wildman–Crippen LogP) is 5.82. The van der Waals surface area contributed by atoms with Crippen molar-refractivity contribution >= 4 is 17.1 Å². The van der Waals surface area contributed by atoms with Crippen LogP contribution in [0.2, 0.25) is 0 Å². The van der Waals surface area contributed by atoms with Crippen LogP contribution in [0, 0.1) is 20.8 Å². The summed E-state index contributed by atoms with van der Waals surface area (Å²) in [6.45, 7) is 13.4. The number of methoxy groups -OCH3 is 1. The maximum atomic E-state index is 13.6. The molecule has 0 radical (unpaired) electrons. The van der Waals surface area contributed by atoms with E-state index in [4.69, 9.17) is 9.72 Å². The predicted molar refractivity (Wildman–Crippen MR) is 139 cm³/mol. The number of rotatable bonds is 6. The fraction of sp³-hybridized carbons (Fsp3) is 0.321. The molecule has 0 amide bonds. The molecule has 0 spiro atoms. The molecule has 0 saturated heterocycles. The fourth-order valence-corrected chi connectivity index (χ4v) is 4.54. The molecule has 0 saturated carbocycles. The summed E-state index contributed by atoms with van der Waals surface area (Å²) in [6, 6.07) is 13.6. The zero-order valence-corrected chi connectivity index (χ0v) is 21.0. The summed E-state index contributed by atoms with van der Waals surface area (Å²) in [7, 11) is 1.68. The van der Waals surface area contributed by atoms with Crippen molar-refractivity contribution in [3.63, 3.8) is 0 Å². The summed E-state index contributed by atoms with van der Waals surface area (Å²) in [5, 5.41) is 5.22. The molecule has 0 atom stereocenters. The molecule has 176 valence electrons. The van der Waals surface area contributed by atoms with E-state index in [-0.39, 0.29) is 11.5 Å². The Morgan fingerprint density at radius 3 is 2.50 bits per heavy atom. The van der Waals surface area contributed by atoms with Gasteiger partial charge in [0.05, 0.1) is 24.2 Å². The van der Waals surface area contributed by atoms with Gasteiger partial charge in [0.25, 0.3) is 5.56 Å². The molecule has 0 aliphatic carbocycles. The van der Waals surface area contributed by atoms with Gasteiger partial charge in [0.1, 0.15) is 5.75 Å². The van der Waals surface area contributed by atoms with Crippen molar-refractivity contribution in [1.82, 2.24) is 14.2 Å². The van der Waals surface area contributed by atoms with Crippen molar-refractivity contribution < 1.29 is 4.74 Å². The summed E-state index contributed by atoms with van der Waals surface area (Å²) in [5.41, 5.74) is 6.63. The van der Waals surface area contributed by atoms with Crippen LogP contribution in [0.15, 0.2) is 52.4 Å². The number of aromatic nitrogens is 3. The van der Waals surface area contributed by atoms with Crippen molar-refractivity contribution in [3.8, 4) is 17.1 Å². The van der Waals surface area contributed by atoms with Gasteiger partial charge in [-0.3, -0.25) is 4.79 Å². The monoisotopic (exact) mass is 456 g/mol. The zero-order chi connectivity index (χ0) is 24.6. The lowest BCUT2D eigenvalue weighted by Crippen LogP contribution is -2.21. The number of nitrogens with zero attached hydrogens (tertiary/aromatic N) is 4. The third kappa shape index (κ3) is 4.04. The Bertz CT molecular complexity index is 1460. The Morgan fingerprint density at radius 1 is 1.12 bits per heavy atom. The van der Waals surface area contributed by atoms with Gasteiger partial charge in [-0.15, -0.1) is 0 Å². The van der Waals surface area contributed by atoms with Gasteiger partial charge in [0, 0.05) is 29.1 Å². The molecule has 34 heavy (non-hydrogen) atoms. The highest BCUT2D eigenvalue weighted by atomic mass is 16.5. The first kappa shape index (κ1) is 23.5. The second-order valence-corrected chi connectivity index (χ2v) is 8.95. The molecule has 4 rings (SSSR count). The number of hydrogen-bond donors (Lipinski definition) is 0. The molecule has 6 heteroatoms. The van der Waals surface area contributed by atoms with Gasteiger partial charge in [-0.1, -0.05) is 26.0 Å². The van der Waals surface area contributed by atoms with Gasteiger partial charge >= 0.3 is 0 Å². The standard InChI is InChI=1S/C28H32N4O2/c1-8-31-19(5)14-21(20(31)6)16-29-32-27(30-25-12-10-9-11-22(25)28(32)33)24-15-23(17(2)3)26(34-7)13-18(24)4/h9-17H,8H2,1-7H3. The molecule has 0 unspecified atom stereocenters. The first-order valence-electron chi connectivity index (χ1n) is 11.7. The minimum Gasteiger partial charge on any atom is -0.496 e. The molecular weight excluding hydrogens is 424 g/mol. The Labute approximate surface area is 200 Å². The summed E-state index contributed by atoms with van der Waals surface area (Å²) in [5.74, 6) is 1.60. The number of benzene rings is 2. The summed E-state index contributed by atoms with van der Waals surface area (Å²) < 4.78 is 9.28. The number of hydrogen-bond acceptors (Lipinski definition) is 4. The largest absolute Gasteiger partial charge is 0.496 e. The molecule has 2 heterocycles. The number of aryl methyl sites for hydroxylation is 2. The van der Waals surface area contributed by atoms with E-state index in [9.17, 15) is 4.79 Å². The van der Waals surface area contributed by atoms with Crippen LogP contribution in [0.25, 0.3) is 22.3 Å². The molecule has 0 fully saturated rings. The molecule has 2 aromatic carbocycles. The average molecular weight is 457 g/mol. The van der Waals surface area contributed by atoms with Crippen molar-refractivity contribution in [3.05, 3.63) is 80.9 Å². The highest BCUT2D eigenvalue weighted by molar-refractivity contribution is 5.83. The lowest BCUT2D eigenvalue weighted by Gasteiger charge is -2.17. The first-order valence-corrected chi connectivity index (χ1v) is 11.7. The van der Waals surface area contributed by atoms with Gasteiger partial charge in [0.2, 0.25) is 0 Å². The average Bonchev–Trinajstić information content (AvgIpc) is 3.10. The quantitative estimate of drug-likeness (QED) is 0.343. The van der Waals surface area contributed by atoms with Crippen LogP contribution in [-0.2, 0) is 6.54 Å². The Hall–Kier alpha value is -3.67. The van der Waals surface area contributed by atoms with Crippen molar-refractivity contribution in [2.75, 3.05) is 7.11 Å². The Morgan fingerprint density at radius 2 is 1.85 bits per heavy atom. The van der Waals surface area contributed by atoms with E-state index in [0.29, 0.717) is 16.7 Å². The van der Waals surface area contributed by atoms with Crippen LogP contribution < -0.4 is 10.3 Å². The van der Waals surface area contributed by atoms with Gasteiger partial charge in [-0.05, 0) is 75.1 Å². The van der Waals surface area contributed by atoms with E-state index in [2.05, 4.69) is 56.4 Å². The van der Waals surface area contributed by atoms with Crippen LogP contribution in [-0.4, -0.2) is 27.6 Å². The van der Waals surface area contributed by atoms with Gasteiger partial charge in [-0.25, -0.2) is 4.98 Å². The molecule has 4 aromatic rings. The van der Waals surface area contributed by atoms with Crippen molar-refractivity contribution in [2.24, 2.45) is 5.10 Å². The van der Waals surface area contributed by atoms with E-state index in [1.807, 2.05) is 31.2 Å². The number of ether oxygens (including phenoxy) is 1. The van der Waals surface area contributed by atoms with E-state index in [1.165, 1.54) is 10.4 Å². The van der Waals surface area contributed by atoms with Crippen LogP contribution in [0.4, 0.5) is 0 Å². The summed E-state index contributed by atoms with van der Waals surface area (Å²) in [4.78, 5) is 18.5. The topological polar surface area (TPSA) is 61.4 Å². The van der Waals surface area contributed by atoms with E-state index in [0.717, 1.165) is 40.2 Å². The summed E-state index contributed by atoms with van der Waals surface area (Å²) >= 11 is 0. The minimum atomic E-state index is -0.192. The minimum absolute atomic E-state index is 0.192. The third-order valence-electron chi connectivity index (χ3n) is 6.43. The Balaban J connectivity index is 1.99. The highest BCUT2D eigenvalue weighted by Crippen LogP contribution is 2.34. The smallest absolute Gasteiger partial charge is 0.282 e. The lowest BCUT2D eigenvalue weighted by atomic mass is 9.96. The first-order chi connectivity index (χ1) is 16.3. The maximum absolute atomic E-state index is 13.6. The van der Waals surface area contributed by atoms with Gasteiger partial charge in [0.15, 0.2) is 5.82 Å². The number of para-hydroxylation sites is 1. The molecule has 0 aliphatic rings. The third-order valence-corrected chi connectivity index (χ3v) is 6.43. The molecular formula is C28H32N4O2. The van der Waals surface area contributed by atoms with Crippen molar-refractivity contribution in [1.29, 1.82) is 0 Å². The Kier molecular flexibility index (Phi) is 6.42. The lowest BCUT2D eigenvalue weighted by molar-refractivity contribution is 0.407. The van der Waals surface area contributed by atoms with Crippen LogP contribution in [0.5, 0.6) is 5.75 Å². The van der Waals surface area contributed by atoms with E-state index >= 15 is 0 Å². The molecule has 0 N–H and O–H groups in total. The van der Waals surface area contributed by atoms with E-state index < -0.39 is 0 Å². The second kappa shape index (κ2) is 9.29. The van der Waals surface area contributed by atoms with E-state index in [1.54, 1.807) is 19.4 Å². The summed E-state index contributed by atoms with van der Waals surface area (Å²) in [6.07, 6.45) is 1.76. The van der Waals surface area contributed by atoms with Gasteiger partial charge in [-0.2, -0.15) is 9.78 Å².